The molecule has 1 aromatic rings. The summed E-state index contributed by atoms with van der Waals surface area (Å²) in [6.45, 7) is 0. The summed E-state index contributed by atoms with van der Waals surface area (Å²) in [6.07, 6.45) is 11.1. The molecule has 3 rings (SSSR count). The van der Waals surface area contributed by atoms with E-state index in [1.165, 1.54) is 6.08 Å². The molecule has 0 amide bonds. The van der Waals surface area contributed by atoms with Crippen LogP contribution < -0.4 is 0 Å². The highest BCUT2D eigenvalue weighted by Crippen LogP contribution is 2.46. The summed E-state index contributed by atoms with van der Waals surface area (Å²) in [5.74, 6) is 1.71. The summed E-state index contributed by atoms with van der Waals surface area (Å²) in [4.78, 5) is 10.5. The normalized spacial score (nSPS) is 28.3. The predicted molar refractivity (Wildman–Crippen MR) is 109 cm³/mol. The van der Waals surface area contributed by atoms with Gasteiger partial charge < -0.3 is 14.9 Å². The lowest BCUT2D eigenvalue weighted by atomic mass is 9.77. The molecule has 2 aliphatic rings. The first-order valence-corrected chi connectivity index (χ1v) is 10.8. The van der Waals surface area contributed by atoms with Gasteiger partial charge in [-0.3, -0.25) is 0 Å². The van der Waals surface area contributed by atoms with Gasteiger partial charge in [0.2, 0.25) is 0 Å². The van der Waals surface area contributed by atoms with Crippen LogP contribution in [0.4, 0.5) is 0 Å². The molecule has 2 aliphatic heterocycles. The van der Waals surface area contributed by atoms with Gasteiger partial charge in [0.25, 0.3) is 0 Å². The fraction of sp³-hybridized carbons (Fsp3) is 0.500. The fourth-order valence-electron chi connectivity index (χ4n) is 4.16. The Morgan fingerprint density at radius 2 is 2.04 bits per heavy atom. The highest BCUT2D eigenvalue weighted by molar-refractivity contribution is 7.99. The lowest BCUT2D eigenvalue weighted by Gasteiger charge is -2.25. The second kappa shape index (κ2) is 10.1. The Balaban J connectivity index is 1.48. The fourth-order valence-corrected chi connectivity index (χ4v) is 4.99. The highest BCUT2D eigenvalue weighted by Gasteiger charge is 2.47. The third kappa shape index (κ3) is 5.96. The Bertz CT molecular complexity index is 658. The number of benzene rings is 1. The highest BCUT2D eigenvalue weighted by atomic mass is 32.2. The van der Waals surface area contributed by atoms with Crippen LogP contribution in [-0.2, 0) is 16.0 Å². The van der Waals surface area contributed by atoms with E-state index in [0.29, 0.717) is 24.4 Å². The zero-order valence-electron chi connectivity index (χ0n) is 15.4. The largest absolute Gasteiger partial charge is 0.478 e. The molecular weight excluding hydrogens is 360 g/mol. The molecule has 2 bridgehead atoms. The quantitative estimate of drug-likeness (QED) is 0.363. The maximum Gasteiger partial charge on any atom is 0.328 e. The third-order valence-electron chi connectivity index (χ3n) is 5.40. The smallest absolute Gasteiger partial charge is 0.328 e. The van der Waals surface area contributed by atoms with Crippen molar-refractivity contribution in [3.05, 3.63) is 60.2 Å². The first kappa shape index (κ1) is 20.2. The topological polar surface area (TPSA) is 66.8 Å². The van der Waals surface area contributed by atoms with Crippen molar-refractivity contribution in [1.82, 2.24) is 0 Å². The molecule has 0 saturated carbocycles. The lowest BCUT2D eigenvalue weighted by Crippen LogP contribution is -2.26. The van der Waals surface area contributed by atoms with E-state index >= 15 is 0 Å². The number of hydrogen-bond donors (Lipinski definition) is 2. The van der Waals surface area contributed by atoms with E-state index in [0.717, 1.165) is 36.3 Å². The number of aliphatic hydroxyl groups is 1. The maximum absolute atomic E-state index is 10.5. The van der Waals surface area contributed by atoms with Gasteiger partial charge in [-0.15, -0.1) is 0 Å². The van der Waals surface area contributed by atoms with Crippen molar-refractivity contribution in [2.45, 2.75) is 44.0 Å². The van der Waals surface area contributed by atoms with Gasteiger partial charge in [0, 0.05) is 24.2 Å². The molecule has 0 spiro atoms. The Labute approximate surface area is 165 Å². The van der Waals surface area contributed by atoms with Crippen molar-refractivity contribution in [3.8, 4) is 0 Å². The van der Waals surface area contributed by atoms with Crippen LogP contribution in [0.5, 0.6) is 0 Å². The van der Waals surface area contributed by atoms with Crippen molar-refractivity contribution in [2.24, 2.45) is 11.8 Å². The van der Waals surface area contributed by atoms with Gasteiger partial charge in [-0.2, -0.15) is 11.8 Å². The van der Waals surface area contributed by atoms with Gasteiger partial charge in [-0.25, -0.2) is 4.79 Å². The average molecular weight is 389 g/mol. The molecule has 27 heavy (non-hydrogen) atoms. The Morgan fingerprint density at radius 1 is 1.26 bits per heavy atom. The van der Waals surface area contributed by atoms with Gasteiger partial charge in [0.1, 0.15) is 0 Å². The monoisotopic (exact) mass is 388 g/mol. The van der Waals surface area contributed by atoms with Gasteiger partial charge in [0.15, 0.2) is 0 Å². The Hall–Kier alpha value is -1.56. The zero-order valence-corrected chi connectivity index (χ0v) is 16.3. The molecule has 2 fully saturated rings. The third-order valence-corrected chi connectivity index (χ3v) is 6.35. The number of rotatable bonds is 10. The minimum atomic E-state index is -0.892. The number of carboxylic acid groups (broad SMARTS) is 1. The first-order valence-electron chi connectivity index (χ1n) is 9.66. The zero-order chi connectivity index (χ0) is 19.1. The number of carboxylic acids is 1. The average Bonchev–Trinajstić information content (AvgIpc) is 3.25. The second-order valence-corrected chi connectivity index (χ2v) is 8.43. The molecule has 1 unspecified atom stereocenters. The molecule has 2 N–H and O–H groups in total. The Morgan fingerprint density at radius 3 is 2.81 bits per heavy atom. The van der Waals surface area contributed by atoms with Crippen LogP contribution in [0.25, 0.3) is 0 Å². The van der Waals surface area contributed by atoms with Crippen molar-refractivity contribution < 1.29 is 19.7 Å². The van der Waals surface area contributed by atoms with Gasteiger partial charge in [-0.1, -0.05) is 48.6 Å². The number of aliphatic carboxylic acids is 1. The summed E-state index contributed by atoms with van der Waals surface area (Å²) in [5.41, 5.74) is 1.14. The second-order valence-electron chi connectivity index (χ2n) is 7.28. The van der Waals surface area contributed by atoms with Crippen LogP contribution in [0.3, 0.4) is 0 Å². The maximum atomic E-state index is 10.5. The summed E-state index contributed by atoms with van der Waals surface area (Å²) in [5, 5.41) is 19.0. The van der Waals surface area contributed by atoms with Crippen molar-refractivity contribution >= 4 is 17.7 Å². The van der Waals surface area contributed by atoms with Crippen LogP contribution in [-0.4, -0.2) is 46.0 Å². The number of ether oxygens (including phenoxy) is 1. The summed E-state index contributed by atoms with van der Waals surface area (Å²) in [6, 6.07) is 10.1. The number of hydrogen-bond acceptors (Lipinski definition) is 4. The predicted octanol–water partition coefficient (Wildman–Crippen LogP) is 3.70. The molecule has 2 saturated heterocycles. The van der Waals surface area contributed by atoms with Crippen molar-refractivity contribution in [3.63, 3.8) is 0 Å². The number of fused-ring (bicyclic) bond motifs is 2. The Kier molecular flexibility index (Phi) is 7.56. The van der Waals surface area contributed by atoms with E-state index < -0.39 is 12.1 Å². The SMILES string of the molecule is O=C(O)C=CCSCC[C@H]1[C@@H](/C=C/C(O)Cc2ccccc2)[C@H]2CC[C@@H]1O2. The number of carbonyl (C=O) groups is 1. The summed E-state index contributed by atoms with van der Waals surface area (Å²) < 4.78 is 6.12. The van der Waals surface area contributed by atoms with Crippen molar-refractivity contribution in [1.29, 1.82) is 0 Å². The number of thioether (sulfide) groups is 1. The minimum Gasteiger partial charge on any atom is -0.478 e. The van der Waals surface area contributed by atoms with Crippen LogP contribution in [0.1, 0.15) is 24.8 Å². The molecule has 5 heteroatoms. The molecule has 0 radical (unpaired) electrons. The summed E-state index contributed by atoms with van der Waals surface area (Å²) >= 11 is 1.76. The number of aliphatic hydroxyl groups excluding tert-OH is 1. The van der Waals surface area contributed by atoms with E-state index in [1.807, 2.05) is 36.4 Å². The molecule has 0 aromatic heterocycles. The molecule has 146 valence electrons. The summed E-state index contributed by atoms with van der Waals surface area (Å²) in [7, 11) is 0. The van der Waals surface area contributed by atoms with E-state index in [1.54, 1.807) is 17.8 Å². The van der Waals surface area contributed by atoms with Gasteiger partial charge >= 0.3 is 5.97 Å². The molecule has 5 atom stereocenters. The molecule has 4 nitrogen and oxygen atoms in total. The van der Waals surface area contributed by atoms with Gasteiger partial charge in [-0.05, 0) is 36.5 Å². The lowest BCUT2D eigenvalue weighted by molar-refractivity contribution is -0.131. The van der Waals surface area contributed by atoms with Crippen LogP contribution >= 0.6 is 11.8 Å². The van der Waals surface area contributed by atoms with E-state index in [2.05, 4.69) is 6.08 Å². The molecule has 1 aromatic carbocycles. The molecule has 2 heterocycles. The standard InChI is InChI=1S/C22H28O4S/c23-17(15-16-5-2-1-3-6-16)8-9-18-19(21-11-10-20(18)26-21)12-14-27-13-4-7-22(24)25/h1-9,17-21,23H,10-15H2,(H,24,25)/b7-4?,9-8+/t17?,18-,19+,20-,21+/m1/s1. The van der Waals surface area contributed by atoms with Gasteiger partial charge in [0.05, 0.1) is 18.3 Å². The van der Waals surface area contributed by atoms with E-state index in [4.69, 9.17) is 9.84 Å². The molecular formula is C22H28O4S. The molecule has 0 aliphatic carbocycles. The van der Waals surface area contributed by atoms with Crippen molar-refractivity contribution in [2.75, 3.05) is 11.5 Å². The van der Waals surface area contributed by atoms with Crippen LogP contribution in [0.15, 0.2) is 54.6 Å². The van der Waals surface area contributed by atoms with E-state index in [9.17, 15) is 9.90 Å². The van der Waals surface area contributed by atoms with E-state index in [-0.39, 0.29) is 6.10 Å². The first-order chi connectivity index (χ1) is 13.1. The van der Waals surface area contributed by atoms with Crippen LogP contribution in [0.2, 0.25) is 0 Å². The van der Waals surface area contributed by atoms with Crippen LogP contribution in [0, 0.1) is 11.8 Å². The minimum absolute atomic E-state index is 0.289.